The number of nitrogens with one attached hydrogen (secondary N) is 2. The van der Waals surface area contributed by atoms with Gasteiger partial charge >= 0.3 is 0 Å². The molecular weight excluding hydrogens is 286 g/mol. The molecule has 1 amide bonds. The number of amides is 1. The summed E-state index contributed by atoms with van der Waals surface area (Å²) >= 11 is 0. The maximum absolute atomic E-state index is 12.0. The van der Waals surface area contributed by atoms with Crippen molar-refractivity contribution in [1.29, 1.82) is 0 Å². The Balaban J connectivity index is 1.86. The fraction of sp³-hybridized carbons (Fsp3) is 0.316. The van der Waals surface area contributed by atoms with Crippen LogP contribution < -0.4 is 15.5 Å². The Morgan fingerprint density at radius 2 is 1.70 bits per heavy atom. The molecule has 0 fully saturated rings. The molecule has 0 aliphatic carbocycles. The minimum Gasteiger partial charge on any atom is -0.376 e. The Morgan fingerprint density at radius 1 is 1.00 bits per heavy atom. The predicted molar refractivity (Wildman–Crippen MR) is 98.3 cm³/mol. The molecular formula is C19H25N3O. The number of benzene rings is 2. The highest BCUT2D eigenvalue weighted by Gasteiger charge is 2.04. The summed E-state index contributed by atoms with van der Waals surface area (Å²) in [4.78, 5) is 14.3. The van der Waals surface area contributed by atoms with Gasteiger partial charge in [0.05, 0.1) is 6.54 Å². The molecule has 2 aromatic rings. The van der Waals surface area contributed by atoms with Crippen LogP contribution in [0.25, 0.3) is 0 Å². The molecule has 2 aromatic carbocycles. The molecule has 122 valence electrons. The first kappa shape index (κ1) is 16.9. The van der Waals surface area contributed by atoms with Gasteiger partial charge in [-0.2, -0.15) is 0 Å². The third-order valence-electron chi connectivity index (χ3n) is 3.75. The molecule has 0 spiro atoms. The van der Waals surface area contributed by atoms with Gasteiger partial charge in [-0.25, -0.2) is 0 Å². The fourth-order valence-electron chi connectivity index (χ4n) is 2.49. The van der Waals surface area contributed by atoms with E-state index in [1.165, 1.54) is 5.69 Å². The van der Waals surface area contributed by atoms with Crippen LogP contribution in [0.1, 0.15) is 19.4 Å². The van der Waals surface area contributed by atoms with Gasteiger partial charge in [-0.1, -0.05) is 12.1 Å². The van der Waals surface area contributed by atoms with E-state index in [0.717, 1.165) is 30.0 Å². The van der Waals surface area contributed by atoms with Gasteiger partial charge in [0.1, 0.15) is 0 Å². The number of hydrogen-bond donors (Lipinski definition) is 2. The molecule has 0 bridgehead atoms. The van der Waals surface area contributed by atoms with Gasteiger partial charge in [0.25, 0.3) is 0 Å². The fourth-order valence-corrected chi connectivity index (χ4v) is 2.49. The Bertz CT molecular complexity index is 633. The highest BCUT2D eigenvalue weighted by atomic mass is 16.1. The summed E-state index contributed by atoms with van der Waals surface area (Å²) < 4.78 is 0. The standard InChI is InChI=1S/C19H25N3O/c1-4-22(5-2)18-11-9-16(10-12-18)20-14-19(23)21-17-8-6-7-15(3)13-17/h6-13,20H,4-5,14H2,1-3H3,(H,21,23). The number of carbonyl (C=O) groups is 1. The molecule has 0 aliphatic rings. The van der Waals surface area contributed by atoms with E-state index in [-0.39, 0.29) is 12.5 Å². The maximum atomic E-state index is 12.0. The second-order valence-electron chi connectivity index (χ2n) is 5.49. The zero-order valence-corrected chi connectivity index (χ0v) is 14.1. The summed E-state index contributed by atoms with van der Waals surface area (Å²) in [6.07, 6.45) is 0. The van der Waals surface area contributed by atoms with Crippen molar-refractivity contribution in [3.8, 4) is 0 Å². The molecule has 0 saturated heterocycles. The molecule has 4 nitrogen and oxygen atoms in total. The summed E-state index contributed by atoms with van der Waals surface area (Å²) in [7, 11) is 0. The average molecular weight is 311 g/mol. The summed E-state index contributed by atoms with van der Waals surface area (Å²) in [5.74, 6) is -0.0524. The van der Waals surface area contributed by atoms with Crippen LogP contribution >= 0.6 is 0 Å². The zero-order chi connectivity index (χ0) is 16.7. The number of aryl methyl sites for hydroxylation is 1. The first-order valence-corrected chi connectivity index (χ1v) is 8.07. The van der Waals surface area contributed by atoms with Crippen LogP contribution in [0.2, 0.25) is 0 Å². The van der Waals surface area contributed by atoms with Gasteiger partial charge in [-0.15, -0.1) is 0 Å². The second-order valence-corrected chi connectivity index (χ2v) is 5.49. The van der Waals surface area contributed by atoms with Gasteiger partial charge in [-0.05, 0) is 62.7 Å². The molecule has 0 atom stereocenters. The van der Waals surface area contributed by atoms with Gasteiger partial charge in [0, 0.05) is 30.2 Å². The topological polar surface area (TPSA) is 44.4 Å². The van der Waals surface area contributed by atoms with E-state index in [4.69, 9.17) is 0 Å². The van der Waals surface area contributed by atoms with Gasteiger partial charge in [0.2, 0.25) is 5.91 Å². The first-order chi connectivity index (χ1) is 11.1. The smallest absolute Gasteiger partial charge is 0.243 e. The van der Waals surface area contributed by atoms with Gasteiger partial charge in [-0.3, -0.25) is 4.79 Å². The lowest BCUT2D eigenvalue weighted by Gasteiger charge is -2.21. The Labute approximate surface area is 138 Å². The summed E-state index contributed by atoms with van der Waals surface area (Å²) in [6, 6.07) is 16.0. The molecule has 2 rings (SSSR count). The quantitative estimate of drug-likeness (QED) is 0.815. The molecule has 0 heterocycles. The molecule has 4 heteroatoms. The van der Waals surface area contributed by atoms with Crippen LogP contribution in [0.4, 0.5) is 17.1 Å². The van der Waals surface area contributed by atoms with Crippen molar-refractivity contribution < 1.29 is 4.79 Å². The Hall–Kier alpha value is -2.49. The number of nitrogens with zero attached hydrogens (tertiary/aromatic N) is 1. The van der Waals surface area contributed by atoms with E-state index in [1.807, 2.05) is 43.3 Å². The second kappa shape index (κ2) is 8.22. The highest BCUT2D eigenvalue weighted by molar-refractivity contribution is 5.93. The first-order valence-electron chi connectivity index (χ1n) is 8.07. The third kappa shape index (κ3) is 5.02. The summed E-state index contributed by atoms with van der Waals surface area (Å²) in [6.45, 7) is 8.52. The van der Waals surface area contributed by atoms with Crippen molar-refractivity contribution in [2.75, 3.05) is 35.2 Å². The largest absolute Gasteiger partial charge is 0.376 e. The van der Waals surface area contributed by atoms with Gasteiger partial charge < -0.3 is 15.5 Å². The summed E-state index contributed by atoms with van der Waals surface area (Å²) in [5.41, 5.74) is 4.10. The molecule has 23 heavy (non-hydrogen) atoms. The van der Waals surface area contributed by atoms with E-state index in [2.05, 4.69) is 41.5 Å². The monoisotopic (exact) mass is 311 g/mol. The lowest BCUT2D eigenvalue weighted by molar-refractivity contribution is -0.114. The number of carbonyl (C=O) groups excluding carboxylic acids is 1. The van der Waals surface area contributed by atoms with Crippen LogP contribution in [0.5, 0.6) is 0 Å². The van der Waals surface area contributed by atoms with E-state index >= 15 is 0 Å². The lowest BCUT2D eigenvalue weighted by Crippen LogP contribution is -2.22. The Kier molecular flexibility index (Phi) is 6.03. The maximum Gasteiger partial charge on any atom is 0.243 e. The normalized spacial score (nSPS) is 10.2. The Morgan fingerprint density at radius 3 is 2.30 bits per heavy atom. The van der Waals surface area contributed by atoms with Crippen molar-refractivity contribution in [3.05, 3.63) is 54.1 Å². The molecule has 0 saturated carbocycles. The van der Waals surface area contributed by atoms with Crippen LogP contribution in [0, 0.1) is 6.92 Å². The minimum absolute atomic E-state index is 0.0524. The van der Waals surface area contributed by atoms with Crippen molar-refractivity contribution in [3.63, 3.8) is 0 Å². The molecule has 0 unspecified atom stereocenters. The van der Waals surface area contributed by atoms with Crippen molar-refractivity contribution in [2.24, 2.45) is 0 Å². The van der Waals surface area contributed by atoms with E-state index in [0.29, 0.717) is 0 Å². The number of anilines is 3. The third-order valence-corrected chi connectivity index (χ3v) is 3.75. The van der Waals surface area contributed by atoms with E-state index < -0.39 is 0 Å². The molecule has 2 N–H and O–H groups in total. The predicted octanol–water partition coefficient (Wildman–Crippen LogP) is 3.89. The van der Waals surface area contributed by atoms with Gasteiger partial charge in [0.15, 0.2) is 0 Å². The average Bonchev–Trinajstić information content (AvgIpc) is 2.55. The van der Waals surface area contributed by atoms with Crippen LogP contribution in [0.15, 0.2) is 48.5 Å². The van der Waals surface area contributed by atoms with E-state index in [1.54, 1.807) is 0 Å². The van der Waals surface area contributed by atoms with Crippen LogP contribution in [-0.2, 0) is 4.79 Å². The summed E-state index contributed by atoms with van der Waals surface area (Å²) in [5, 5.41) is 6.04. The minimum atomic E-state index is -0.0524. The zero-order valence-electron chi connectivity index (χ0n) is 14.1. The SMILES string of the molecule is CCN(CC)c1ccc(NCC(=O)Nc2cccc(C)c2)cc1. The van der Waals surface area contributed by atoms with Crippen molar-refractivity contribution in [2.45, 2.75) is 20.8 Å². The van der Waals surface area contributed by atoms with Crippen LogP contribution in [0.3, 0.4) is 0 Å². The highest BCUT2D eigenvalue weighted by Crippen LogP contribution is 2.17. The van der Waals surface area contributed by atoms with E-state index in [9.17, 15) is 4.79 Å². The lowest BCUT2D eigenvalue weighted by atomic mass is 10.2. The number of rotatable bonds is 7. The van der Waals surface area contributed by atoms with Crippen LogP contribution in [-0.4, -0.2) is 25.5 Å². The molecule has 0 aliphatic heterocycles. The molecule has 0 aromatic heterocycles. The number of hydrogen-bond acceptors (Lipinski definition) is 3. The van der Waals surface area contributed by atoms with Crippen molar-refractivity contribution in [1.82, 2.24) is 0 Å². The molecule has 0 radical (unpaired) electrons. The van der Waals surface area contributed by atoms with Crippen molar-refractivity contribution >= 4 is 23.0 Å².